The molecule has 1 aliphatic rings. The largest absolute Gasteiger partial charge is 0.370 e. The van der Waals surface area contributed by atoms with Crippen LogP contribution in [0.15, 0.2) is 70.1 Å². The minimum atomic E-state index is -0.202. The van der Waals surface area contributed by atoms with E-state index in [4.69, 9.17) is 12.6 Å². The first-order chi connectivity index (χ1) is 13.8. The molecule has 2 aromatic rings. The van der Waals surface area contributed by atoms with Gasteiger partial charge in [0.15, 0.2) is 0 Å². The zero-order chi connectivity index (χ0) is 21.1. The summed E-state index contributed by atoms with van der Waals surface area (Å²) in [4.78, 5) is 15.9. The highest BCUT2D eigenvalue weighted by atomic mass is 32.1. The van der Waals surface area contributed by atoms with Gasteiger partial charge in [0.25, 0.3) is 5.56 Å². The van der Waals surface area contributed by atoms with E-state index in [2.05, 4.69) is 44.4 Å². The van der Waals surface area contributed by atoms with Crippen molar-refractivity contribution in [2.24, 2.45) is 5.92 Å². The van der Waals surface area contributed by atoms with Gasteiger partial charge in [0.2, 0.25) is 0 Å². The fraction of sp³-hybridized carbons (Fsp3) is 0.400. The number of benzene rings is 1. The smallest absolute Gasteiger partial charge is 0.255 e. The van der Waals surface area contributed by atoms with E-state index in [-0.39, 0.29) is 11.6 Å². The van der Waals surface area contributed by atoms with Crippen LogP contribution in [-0.4, -0.2) is 16.0 Å². The molecule has 29 heavy (non-hydrogen) atoms. The van der Waals surface area contributed by atoms with Gasteiger partial charge < -0.3 is 4.90 Å². The van der Waals surface area contributed by atoms with Crippen molar-refractivity contribution in [1.82, 2.24) is 9.47 Å². The Kier molecular flexibility index (Phi) is 6.74. The summed E-state index contributed by atoms with van der Waals surface area (Å²) in [5.41, 5.74) is 5.43. The van der Waals surface area contributed by atoms with Crippen LogP contribution in [0, 0.1) is 5.92 Å². The summed E-state index contributed by atoms with van der Waals surface area (Å²) in [7, 11) is 0. The van der Waals surface area contributed by atoms with Gasteiger partial charge in [-0.15, -0.1) is 12.6 Å². The van der Waals surface area contributed by atoms with Crippen LogP contribution in [0.3, 0.4) is 0 Å². The van der Waals surface area contributed by atoms with Crippen molar-refractivity contribution < 1.29 is 0 Å². The number of rotatable bonds is 6. The average molecular weight is 409 g/mol. The van der Waals surface area contributed by atoms with Crippen LogP contribution in [0.2, 0.25) is 0 Å². The van der Waals surface area contributed by atoms with E-state index >= 15 is 0 Å². The third kappa shape index (κ3) is 4.53. The Morgan fingerprint density at radius 2 is 1.97 bits per heavy atom. The van der Waals surface area contributed by atoms with Crippen molar-refractivity contribution in [3.05, 3.63) is 87.4 Å². The SMILES string of the molecule is C=C(C)C(c1ccccc1)n1c(S)cc2c(c1=O)CCN(C(=CC)CC(C)C)C2. The number of pyridine rings is 1. The highest BCUT2D eigenvalue weighted by Gasteiger charge is 2.26. The third-order valence-corrected chi connectivity index (χ3v) is 5.95. The summed E-state index contributed by atoms with van der Waals surface area (Å²) in [5, 5.41) is 0.693. The Hall–Kier alpha value is -2.20. The number of nitrogens with zero attached hydrogens (tertiary/aromatic N) is 2. The molecule has 1 aromatic carbocycles. The van der Waals surface area contributed by atoms with Crippen molar-refractivity contribution in [1.29, 1.82) is 0 Å². The molecule has 0 radical (unpaired) electrons. The van der Waals surface area contributed by atoms with E-state index < -0.39 is 0 Å². The summed E-state index contributed by atoms with van der Waals surface area (Å²) in [6, 6.07) is 11.9. The van der Waals surface area contributed by atoms with Gasteiger partial charge in [-0.2, -0.15) is 0 Å². The molecular formula is C25H32N2OS. The Morgan fingerprint density at radius 1 is 1.28 bits per heavy atom. The molecule has 1 aromatic heterocycles. The normalized spacial score (nSPS) is 15.4. The maximum Gasteiger partial charge on any atom is 0.255 e. The summed E-state index contributed by atoms with van der Waals surface area (Å²) in [6.07, 6.45) is 4.03. The molecule has 4 heteroatoms. The molecule has 0 aliphatic carbocycles. The molecule has 1 aliphatic heterocycles. The van der Waals surface area contributed by atoms with Crippen LogP contribution < -0.4 is 5.56 Å². The maximum absolute atomic E-state index is 13.5. The fourth-order valence-corrected chi connectivity index (χ4v) is 4.63. The predicted molar refractivity (Wildman–Crippen MR) is 125 cm³/mol. The lowest BCUT2D eigenvalue weighted by Crippen LogP contribution is -2.38. The number of hydrogen-bond donors (Lipinski definition) is 1. The Labute approximate surface area is 180 Å². The Balaban J connectivity index is 2.02. The summed E-state index contributed by atoms with van der Waals surface area (Å²) in [5.74, 6) is 0.609. The van der Waals surface area contributed by atoms with Crippen LogP contribution in [0.4, 0.5) is 0 Å². The van der Waals surface area contributed by atoms with Gasteiger partial charge in [-0.1, -0.05) is 62.4 Å². The first-order valence-electron chi connectivity index (χ1n) is 10.4. The van der Waals surface area contributed by atoms with Crippen LogP contribution in [-0.2, 0) is 13.0 Å². The molecule has 0 saturated heterocycles. The van der Waals surface area contributed by atoms with Gasteiger partial charge in [-0.3, -0.25) is 9.36 Å². The first-order valence-corrected chi connectivity index (χ1v) is 10.8. The molecule has 3 rings (SSSR count). The number of fused-ring (bicyclic) bond motifs is 1. The maximum atomic E-state index is 13.5. The lowest BCUT2D eigenvalue weighted by Gasteiger charge is -2.34. The van der Waals surface area contributed by atoms with Crippen molar-refractivity contribution in [2.75, 3.05) is 6.54 Å². The molecule has 1 atom stereocenters. The summed E-state index contributed by atoms with van der Waals surface area (Å²) >= 11 is 4.73. The van der Waals surface area contributed by atoms with Gasteiger partial charge in [-0.05, 0) is 49.8 Å². The molecule has 0 spiro atoms. The van der Waals surface area contributed by atoms with Gasteiger partial charge in [0.1, 0.15) is 0 Å². The topological polar surface area (TPSA) is 25.2 Å². The highest BCUT2D eigenvalue weighted by molar-refractivity contribution is 7.80. The third-order valence-electron chi connectivity index (χ3n) is 5.60. The second kappa shape index (κ2) is 9.08. The summed E-state index contributed by atoms with van der Waals surface area (Å²) < 4.78 is 1.81. The fourth-order valence-electron chi connectivity index (χ4n) is 4.27. The van der Waals surface area contributed by atoms with Gasteiger partial charge in [0, 0.05) is 24.4 Å². The van der Waals surface area contributed by atoms with E-state index in [1.807, 2.05) is 37.3 Å². The van der Waals surface area contributed by atoms with Crippen molar-refractivity contribution in [2.45, 2.75) is 58.1 Å². The Morgan fingerprint density at radius 3 is 2.55 bits per heavy atom. The second-order valence-electron chi connectivity index (χ2n) is 8.39. The molecule has 2 heterocycles. The molecule has 3 nitrogen and oxygen atoms in total. The number of hydrogen-bond acceptors (Lipinski definition) is 3. The lowest BCUT2D eigenvalue weighted by atomic mass is 9.96. The standard InChI is InChI=1S/C25H32N2OS/c1-6-21(14-17(2)3)26-13-12-22-20(16-26)15-23(29)27(25(22)28)24(18(4)5)19-10-8-7-9-11-19/h6-11,15,17,24,29H,4,12-14,16H2,1-3,5H3. The van der Waals surface area contributed by atoms with Crippen molar-refractivity contribution in [3.8, 4) is 0 Å². The number of allylic oxidation sites excluding steroid dienone is 3. The van der Waals surface area contributed by atoms with Gasteiger partial charge in [0.05, 0.1) is 11.1 Å². The molecule has 0 saturated carbocycles. The molecule has 154 valence electrons. The van der Waals surface area contributed by atoms with Crippen LogP contribution in [0.5, 0.6) is 0 Å². The minimum absolute atomic E-state index is 0.0647. The van der Waals surface area contributed by atoms with E-state index in [1.165, 1.54) is 5.70 Å². The van der Waals surface area contributed by atoms with E-state index in [0.717, 1.165) is 48.2 Å². The predicted octanol–water partition coefficient (Wildman–Crippen LogP) is 5.61. The minimum Gasteiger partial charge on any atom is -0.370 e. The number of aromatic nitrogens is 1. The molecule has 0 N–H and O–H groups in total. The van der Waals surface area contributed by atoms with Crippen LogP contribution in [0.1, 0.15) is 56.8 Å². The summed E-state index contributed by atoms with van der Waals surface area (Å²) in [6.45, 7) is 14.4. The molecule has 0 bridgehead atoms. The average Bonchev–Trinajstić information content (AvgIpc) is 2.69. The van der Waals surface area contributed by atoms with Crippen LogP contribution >= 0.6 is 12.6 Å². The van der Waals surface area contributed by atoms with E-state index in [1.54, 1.807) is 4.57 Å². The van der Waals surface area contributed by atoms with Crippen molar-refractivity contribution in [3.63, 3.8) is 0 Å². The number of thiol groups is 1. The monoisotopic (exact) mass is 408 g/mol. The van der Waals surface area contributed by atoms with Gasteiger partial charge >= 0.3 is 0 Å². The molecule has 1 unspecified atom stereocenters. The first kappa shape index (κ1) is 21.5. The zero-order valence-corrected chi connectivity index (χ0v) is 18.9. The second-order valence-corrected chi connectivity index (χ2v) is 8.85. The van der Waals surface area contributed by atoms with E-state index in [0.29, 0.717) is 10.9 Å². The van der Waals surface area contributed by atoms with Crippen molar-refractivity contribution >= 4 is 12.6 Å². The molecular weight excluding hydrogens is 376 g/mol. The van der Waals surface area contributed by atoms with Gasteiger partial charge in [-0.25, -0.2) is 0 Å². The quantitative estimate of drug-likeness (QED) is 0.496. The van der Waals surface area contributed by atoms with E-state index in [9.17, 15) is 4.79 Å². The highest BCUT2D eigenvalue weighted by Crippen LogP contribution is 2.30. The zero-order valence-electron chi connectivity index (χ0n) is 18.0. The molecule has 0 amide bonds. The van der Waals surface area contributed by atoms with Crippen LogP contribution in [0.25, 0.3) is 0 Å². The lowest BCUT2D eigenvalue weighted by molar-refractivity contribution is 0.297. The molecule has 0 fully saturated rings. The Bertz CT molecular complexity index is 972.